The number of hydrogen-bond acceptors (Lipinski definition) is 5. The average Bonchev–Trinajstić information content (AvgIpc) is 3.12. The van der Waals surface area contributed by atoms with Gasteiger partial charge < -0.3 is 14.2 Å². The number of ketones is 1. The molecule has 0 aromatic heterocycles. The zero-order valence-corrected chi connectivity index (χ0v) is 17.3. The van der Waals surface area contributed by atoms with Crippen molar-refractivity contribution >= 4 is 17.8 Å². The van der Waals surface area contributed by atoms with E-state index in [1.165, 1.54) is 12.1 Å². The van der Waals surface area contributed by atoms with Gasteiger partial charge in [0.2, 0.25) is 34.9 Å². The number of rotatable bonds is 5. The summed E-state index contributed by atoms with van der Waals surface area (Å²) in [4.78, 5) is 24.7. The summed E-state index contributed by atoms with van der Waals surface area (Å²) < 4.78 is 82.0. The van der Waals surface area contributed by atoms with Crippen LogP contribution in [0.3, 0.4) is 0 Å². The number of carbonyl (C=O) groups excluding carboxylic acids is 2. The number of carbonyl (C=O) groups is 2. The molecule has 1 heterocycles. The zero-order chi connectivity index (χ0) is 24.6. The first-order chi connectivity index (χ1) is 16.2. The Morgan fingerprint density at radius 2 is 1.56 bits per heavy atom. The Balaban J connectivity index is 1.49. The number of halogens is 5. The van der Waals surface area contributed by atoms with Gasteiger partial charge in [0.05, 0.1) is 5.56 Å². The van der Waals surface area contributed by atoms with E-state index in [4.69, 9.17) is 9.47 Å². The van der Waals surface area contributed by atoms with Gasteiger partial charge in [-0.15, -0.1) is 0 Å². The molecule has 0 radical (unpaired) electrons. The minimum absolute atomic E-state index is 0.0578. The summed E-state index contributed by atoms with van der Waals surface area (Å²) in [7, 11) is 0. The quantitative estimate of drug-likeness (QED) is 0.125. The molecule has 0 saturated heterocycles. The maximum atomic E-state index is 13.7. The largest absolute Gasteiger partial charge is 0.476 e. The van der Waals surface area contributed by atoms with Crippen LogP contribution in [0.25, 0.3) is 6.08 Å². The number of Topliss-reactive ketones (excluding diaryl/α,β-unsaturated/α-hetero) is 1. The Hall–Kier alpha value is -4.21. The van der Waals surface area contributed by atoms with Crippen LogP contribution in [-0.4, -0.2) is 18.4 Å². The molecule has 1 aliphatic heterocycles. The lowest BCUT2D eigenvalue weighted by Gasteiger charge is -2.11. The molecule has 174 valence electrons. The van der Waals surface area contributed by atoms with Crippen molar-refractivity contribution in [2.45, 2.75) is 6.92 Å². The van der Waals surface area contributed by atoms with Gasteiger partial charge in [0.15, 0.2) is 18.1 Å². The molecule has 3 aromatic carbocycles. The van der Waals surface area contributed by atoms with Gasteiger partial charge in [0.1, 0.15) is 11.5 Å². The minimum atomic E-state index is -2.35. The molecule has 34 heavy (non-hydrogen) atoms. The summed E-state index contributed by atoms with van der Waals surface area (Å²) in [6, 6.07) is 11.5. The first kappa shape index (κ1) is 23.0. The number of ether oxygens (including phenoxy) is 3. The fourth-order valence-electron chi connectivity index (χ4n) is 3.24. The Labute approximate surface area is 189 Å². The molecular weight excluding hydrogens is 463 g/mol. The van der Waals surface area contributed by atoms with Crippen molar-refractivity contribution in [3.05, 3.63) is 94.0 Å². The predicted octanol–water partition coefficient (Wildman–Crippen LogP) is 5.29. The van der Waals surface area contributed by atoms with Crippen molar-refractivity contribution in [3.8, 4) is 17.2 Å². The van der Waals surface area contributed by atoms with Crippen molar-refractivity contribution in [3.63, 3.8) is 0 Å². The lowest BCUT2D eigenvalue weighted by Crippen LogP contribution is -2.19. The van der Waals surface area contributed by atoms with E-state index >= 15 is 0 Å². The van der Waals surface area contributed by atoms with Crippen molar-refractivity contribution in [2.24, 2.45) is 0 Å². The van der Waals surface area contributed by atoms with Crippen LogP contribution in [0.15, 0.2) is 48.2 Å². The van der Waals surface area contributed by atoms with E-state index in [1.807, 2.05) is 6.07 Å². The van der Waals surface area contributed by atoms with Crippen LogP contribution >= 0.6 is 0 Å². The van der Waals surface area contributed by atoms with Gasteiger partial charge in [0.25, 0.3) is 0 Å². The molecule has 0 atom stereocenters. The van der Waals surface area contributed by atoms with Gasteiger partial charge in [-0.3, -0.25) is 4.79 Å². The van der Waals surface area contributed by atoms with Gasteiger partial charge in [-0.1, -0.05) is 30.3 Å². The van der Waals surface area contributed by atoms with Gasteiger partial charge in [0, 0.05) is 6.07 Å². The van der Waals surface area contributed by atoms with Crippen molar-refractivity contribution in [1.29, 1.82) is 0 Å². The average molecular weight is 476 g/mol. The van der Waals surface area contributed by atoms with Gasteiger partial charge >= 0.3 is 5.97 Å². The molecule has 1 aliphatic rings. The lowest BCUT2D eigenvalue weighted by atomic mass is 10.0. The van der Waals surface area contributed by atoms with Gasteiger partial charge in [-0.2, -0.15) is 8.78 Å². The molecule has 0 bridgehead atoms. The van der Waals surface area contributed by atoms with Gasteiger partial charge in [-0.25, -0.2) is 18.0 Å². The van der Waals surface area contributed by atoms with Crippen molar-refractivity contribution in [2.75, 3.05) is 6.61 Å². The van der Waals surface area contributed by atoms with Crippen LogP contribution in [0.2, 0.25) is 0 Å². The molecule has 0 N–H and O–H groups in total. The standard InChI is InChI=1S/C24H13F5O5/c1-11-7-13(9-14-17(11)23(31)15(34-14)8-12-5-3-2-4-6-12)33-16(30)10-32-24-21(28)19(26)18(25)20(27)22(24)29/h2-9H,10H2,1H3/b15-8-. The summed E-state index contributed by atoms with van der Waals surface area (Å²) in [6.45, 7) is 0.418. The Morgan fingerprint density at radius 3 is 2.21 bits per heavy atom. The van der Waals surface area contributed by atoms with Crippen LogP contribution < -0.4 is 14.2 Å². The number of esters is 1. The minimum Gasteiger partial charge on any atom is -0.476 e. The second-order valence-corrected chi connectivity index (χ2v) is 7.13. The smallest absolute Gasteiger partial charge is 0.349 e. The summed E-state index contributed by atoms with van der Waals surface area (Å²) in [5.74, 6) is -14.3. The first-order valence-corrected chi connectivity index (χ1v) is 9.66. The number of allylic oxidation sites excluding steroid dienone is 1. The lowest BCUT2D eigenvalue weighted by molar-refractivity contribution is -0.136. The van der Waals surface area contributed by atoms with E-state index in [-0.39, 0.29) is 28.6 Å². The Kier molecular flexibility index (Phi) is 6.06. The second-order valence-electron chi connectivity index (χ2n) is 7.13. The van der Waals surface area contributed by atoms with Crippen LogP contribution in [0, 0.1) is 36.0 Å². The van der Waals surface area contributed by atoms with Gasteiger partial charge in [-0.05, 0) is 30.2 Å². The topological polar surface area (TPSA) is 61.8 Å². The summed E-state index contributed by atoms with van der Waals surface area (Å²) in [5.41, 5.74) is 1.41. The third-order valence-electron chi connectivity index (χ3n) is 4.78. The van der Waals surface area contributed by atoms with Crippen LogP contribution in [0.4, 0.5) is 22.0 Å². The van der Waals surface area contributed by atoms with Crippen molar-refractivity contribution in [1.82, 2.24) is 0 Å². The van der Waals surface area contributed by atoms with E-state index in [0.29, 0.717) is 5.56 Å². The summed E-state index contributed by atoms with van der Waals surface area (Å²) >= 11 is 0. The van der Waals surface area contributed by atoms with Crippen LogP contribution in [0.5, 0.6) is 17.2 Å². The number of hydrogen-bond donors (Lipinski definition) is 0. The predicted molar refractivity (Wildman–Crippen MR) is 108 cm³/mol. The SMILES string of the molecule is Cc1cc(OC(=O)COc2c(F)c(F)c(F)c(F)c2F)cc2c1C(=O)/C(=C/c1ccccc1)O2. The van der Waals surface area contributed by atoms with E-state index in [1.54, 1.807) is 37.3 Å². The summed E-state index contributed by atoms with van der Waals surface area (Å²) in [5, 5.41) is 0. The van der Waals surface area contributed by atoms with Crippen LogP contribution in [-0.2, 0) is 4.79 Å². The normalized spacial score (nSPS) is 13.6. The van der Waals surface area contributed by atoms with E-state index in [2.05, 4.69) is 4.74 Å². The fourth-order valence-corrected chi connectivity index (χ4v) is 3.24. The maximum Gasteiger partial charge on any atom is 0.349 e. The highest BCUT2D eigenvalue weighted by atomic mass is 19.2. The molecule has 10 heteroatoms. The van der Waals surface area contributed by atoms with E-state index < -0.39 is 47.4 Å². The molecule has 5 nitrogen and oxygen atoms in total. The third-order valence-corrected chi connectivity index (χ3v) is 4.78. The molecule has 0 unspecified atom stereocenters. The Bertz CT molecular complexity index is 1320. The highest BCUT2D eigenvalue weighted by Crippen LogP contribution is 2.37. The molecule has 3 aromatic rings. The van der Waals surface area contributed by atoms with Crippen molar-refractivity contribution < 1.29 is 45.8 Å². The zero-order valence-electron chi connectivity index (χ0n) is 17.3. The molecule has 0 saturated carbocycles. The molecule has 0 fully saturated rings. The van der Waals surface area contributed by atoms with Crippen LogP contribution in [0.1, 0.15) is 21.5 Å². The molecule has 4 rings (SSSR count). The molecule has 0 spiro atoms. The number of fused-ring (bicyclic) bond motifs is 1. The Morgan fingerprint density at radius 1 is 0.941 bits per heavy atom. The van der Waals surface area contributed by atoms with E-state index in [9.17, 15) is 31.5 Å². The summed E-state index contributed by atoms with van der Waals surface area (Å²) in [6.07, 6.45) is 1.55. The third kappa shape index (κ3) is 4.21. The monoisotopic (exact) mass is 476 g/mol. The maximum absolute atomic E-state index is 13.7. The second kappa shape index (κ2) is 8.97. The highest BCUT2D eigenvalue weighted by Gasteiger charge is 2.31. The highest BCUT2D eigenvalue weighted by molar-refractivity contribution is 6.15. The van der Waals surface area contributed by atoms with E-state index in [0.717, 1.165) is 5.56 Å². The fraction of sp³-hybridized carbons (Fsp3) is 0.0833. The number of benzene rings is 3. The first-order valence-electron chi connectivity index (χ1n) is 9.66. The molecule has 0 amide bonds. The molecule has 0 aliphatic carbocycles. The molecular formula is C24H13F5O5. The number of aryl methyl sites for hydroxylation is 1.